The molecule has 1 aromatic heterocycles. The van der Waals surface area contributed by atoms with Crippen LogP contribution >= 0.6 is 23.2 Å². The summed E-state index contributed by atoms with van der Waals surface area (Å²) in [6.07, 6.45) is -4.64. The number of nitrogens with zero attached hydrogens (tertiary/aromatic N) is 3. The van der Waals surface area contributed by atoms with Gasteiger partial charge in [-0.2, -0.15) is 23.2 Å². The average Bonchev–Trinajstić information content (AvgIpc) is 2.82. The number of rotatable bonds is 5. The first kappa shape index (κ1) is 19.7. The number of alkyl halides is 3. The summed E-state index contributed by atoms with van der Waals surface area (Å²) in [7, 11) is -1.57. The summed E-state index contributed by atoms with van der Waals surface area (Å²) in [6, 6.07) is 1.36. The van der Waals surface area contributed by atoms with Gasteiger partial charge in [-0.1, -0.05) is 35.3 Å². The minimum absolute atomic E-state index is 0.0414. The van der Waals surface area contributed by atoms with E-state index in [0.29, 0.717) is 12.1 Å². The van der Waals surface area contributed by atoms with Crippen molar-refractivity contribution in [2.75, 3.05) is 11.5 Å². The van der Waals surface area contributed by atoms with Gasteiger partial charge in [-0.25, -0.2) is 4.68 Å². The highest BCUT2D eigenvalue weighted by molar-refractivity contribution is 7.85. The van der Waals surface area contributed by atoms with E-state index in [1.807, 2.05) is 0 Å². The number of hydrogen-bond donors (Lipinski definition) is 1. The molecule has 2 N–H and O–H groups in total. The number of nitroso groups, excluding NO2 is 1. The molecule has 1 atom stereocenters. The van der Waals surface area contributed by atoms with Crippen LogP contribution in [0.5, 0.6) is 0 Å². The Hall–Kier alpha value is -1.65. The Balaban J connectivity index is 2.71. The van der Waals surface area contributed by atoms with E-state index in [2.05, 4.69) is 10.3 Å². The SMILES string of the molecule is CCS(=O)c1c(CN=O)nn(-c2c(Cl)cc(C(F)(F)F)cc2Cl)c1N. The fraction of sp³-hybridized carbons (Fsp3) is 0.308. The molecule has 12 heteroatoms. The van der Waals surface area contributed by atoms with Gasteiger partial charge in [0.15, 0.2) is 0 Å². The number of halogens is 5. The van der Waals surface area contributed by atoms with E-state index in [9.17, 15) is 22.3 Å². The van der Waals surface area contributed by atoms with Crippen molar-refractivity contribution in [3.05, 3.63) is 38.3 Å². The van der Waals surface area contributed by atoms with Crippen LogP contribution in [0.1, 0.15) is 18.2 Å². The summed E-state index contributed by atoms with van der Waals surface area (Å²) in [5, 5.41) is 5.99. The van der Waals surface area contributed by atoms with Gasteiger partial charge in [0, 0.05) is 5.75 Å². The second-order valence-corrected chi connectivity index (χ2v) is 7.27. The van der Waals surface area contributed by atoms with Gasteiger partial charge >= 0.3 is 6.18 Å². The molecular formula is C13H11Cl2F3N4O2S. The Kier molecular flexibility index (Phi) is 5.75. The molecule has 0 fully saturated rings. The molecule has 0 aliphatic heterocycles. The fourth-order valence-electron chi connectivity index (χ4n) is 2.12. The smallest absolute Gasteiger partial charge is 0.383 e. The fourth-order valence-corrected chi connectivity index (χ4v) is 3.75. The Labute approximate surface area is 152 Å². The van der Waals surface area contributed by atoms with E-state index in [0.717, 1.165) is 4.68 Å². The quantitative estimate of drug-likeness (QED) is 0.743. The van der Waals surface area contributed by atoms with Crippen molar-refractivity contribution in [1.82, 2.24) is 9.78 Å². The maximum absolute atomic E-state index is 12.8. The number of aromatic nitrogens is 2. The van der Waals surface area contributed by atoms with Crippen LogP contribution in [0, 0.1) is 4.91 Å². The van der Waals surface area contributed by atoms with Gasteiger partial charge in [0.25, 0.3) is 0 Å². The van der Waals surface area contributed by atoms with Crippen LogP contribution in [0.3, 0.4) is 0 Å². The highest BCUT2D eigenvalue weighted by Crippen LogP contribution is 2.39. The maximum Gasteiger partial charge on any atom is 0.416 e. The normalized spacial score (nSPS) is 13.0. The predicted molar refractivity (Wildman–Crippen MR) is 89.4 cm³/mol. The third-order valence-corrected chi connectivity index (χ3v) is 5.20. The monoisotopic (exact) mass is 414 g/mol. The van der Waals surface area contributed by atoms with Crippen molar-refractivity contribution in [1.29, 1.82) is 0 Å². The molecule has 2 rings (SSSR count). The summed E-state index contributed by atoms with van der Waals surface area (Å²) in [4.78, 5) is 10.6. The number of hydrogen-bond acceptors (Lipinski definition) is 5. The largest absolute Gasteiger partial charge is 0.416 e. The van der Waals surface area contributed by atoms with E-state index in [1.54, 1.807) is 6.92 Å². The topological polar surface area (TPSA) is 90.3 Å². The van der Waals surface area contributed by atoms with Gasteiger partial charge in [0.05, 0.1) is 26.4 Å². The first-order chi connectivity index (χ1) is 11.6. The first-order valence-electron chi connectivity index (χ1n) is 6.73. The molecule has 0 aliphatic carbocycles. The van der Waals surface area contributed by atoms with Crippen molar-refractivity contribution in [3.8, 4) is 5.69 Å². The zero-order valence-electron chi connectivity index (χ0n) is 12.6. The van der Waals surface area contributed by atoms with Gasteiger partial charge in [0.2, 0.25) is 0 Å². The van der Waals surface area contributed by atoms with E-state index >= 15 is 0 Å². The lowest BCUT2D eigenvalue weighted by atomic mass is 10.2. The molecule has 0 saturated carbocycles. The van der Waals surface area contributed by atoms with Gasteiger partial charge in [-0.15, -0.1) is 0 Å². The lowest BCUT2D eigenvalue weighted by Gasteiger charge is -2.13. The molecular weight excluding hydrogens is 404 g/mol. The van der Waals surface area contributed by atoms with E-state index in [1.165, 1.54) is 0 Å². The molecule has 25 heavy (non-hydrogen) atoms. The first-order valence-corrected chi connectivity index (χ1v) is 8.80. The summed E-state index contributed by atoms with van der Waals surface area (Å²) >= 11 is 11.9. The molecule has 6 nitrogen and oxygen atoms in total. The molecule has 2 aromatic rings. The highest BCUT2D eigenvalue weighted by Gasteiger charge is 2.33. The standard InChI is InChI=1S/C13H11Cl2F3N4O2S/c1-2-25(24)11-9(5-20-23)21-22(12(11)19)10-7(14)3-6(4-8(10)15)13(16,17)18/h3-4H,2,5,19H2,1H3. The molecule has 1 heterocycles. The van der Waals surface area contributed by atoms with Crippen LogP contribution in [-0.4, -0.2) is 19.7 Å². The van der Waals surface area contributed by atoms with Crippen molar-refractivity contribution in [2.45, 2.75) is 24.5 Å². The van der Waals surface area contributed by atoms with E-state index in [4.69, 9.17) is 28.9 Å². The van der Waals surface area contributed by atoms with Crippen molar-refractivity contribution < 1.29 is 17.4 Å². The second kappa shape index (κ2) is 7.30. The summed E-state index contributed by atoms with van der Waals surface area (Å²) in [6.45, 7) is 1.22. The minimum atomic E-state index is -4.64. The van der Waals surface area contributed by atoms with Crippen LogP contribution in [0.2, 0.25) is 10.0 Å². The Morgan fingerprint density at radius 1 is 1.32 bits per heavy atom. The Morgan fingerprint density at radius 2 is 1.88 bits per heavy atom. The highest BCUT2D eigenvalue weighted by atomic mass is 35.5. The summed E-state index contributed by atoms with van der Waals surface area (Å²) < 4.78 is 51.6. The molecule has 0 amide bonds. The van der Waals surface area contributed by atoms with Gasteiger partial charge in [-0.3, -0.25) is 4.21 Å². The minimum Gasteiger partial charge on any atom is -0.383 e. The van der Waals surface area contributed by atoms with Crippen molar-refractivity contribution in [3.63, 3.8) is 0 Å². The van der Waals surface area contributed by atoms with E-state index < -0.39 is 29.1 Å². The summed E-state index contributed by atoms with van der Waals surface area (Å²) in [5.74, 6) is 0.0540. The van der Waals surface area contributed by atoms with Crippen LogP contribution < -0.4 is 5.73 Å². The van der Waals surface area contributed by atoms with Gasteiger partial charge in [0.1, 0.15) is 28.6 Å². The van der Waals surface area contributed by atoms with Crippen molar-refractivity contribution in [2.24, 2.45) is 5.18 Å². The molecule has 0 radical (unpaired) electrons. The van der Waals surface area contributed by atoms with Crippen LogP contribution in [0.25, 0.3) is 5.69 Å². The molecule has 1 aromatic carbocycles. The molecule has 0 aliphatic rings. The zero-order valence-corrected chi connectivity index (χ0v) is 14.9. The van der Waals surface area contributed by atoms with Crippen LogP contribution in [-0.2, 0) is 23.5 Å². The third kappa shape index (κ3) is 3.80. The molecule has 136 valence electrons. The molecule has 0 bridgehead atoms. The number of nitrogen functional groups attached to an aromatic ring is 1. The summed E-state index contributed by atoms with van der Waals surface area (Å²) in [5.41, 5.74) is 4.82. The number of benzene rings is 1. The van der Waals surface area contributed by atoms with Gasteiger partial charge < -0.3 is 5.73 Å². The molecule has 0 saturated heterocycles. The Bertz CT molecular complexity index is 832. The van der Waals surface area contributed by atoms with Crippen molar-refractivity contribution >= 4 is 39.8 Å². The lowest BCUT2D eigenvalue weighted by Crippen LogP contribution is -2.09. The number of nitrogens with two attached hydrogens (primary N) is 1. The predicted octanol–water partition coefficient (Wildman–Crippen LogP) is 4.17. The van der Waals surface area contributed by atoms with Crippen LogP contribution in [0.4, 0.5) is 19.0 Å². The average molecular weight is 415 g/mol. The number of anilines is 1. The molecule has 0 spiro atoms. The Morgan fingerprint density at radius 3 is 2.32 bits per heavy atom. The maximum atomic E-state index is 12.8. The third-order valence-electron chi connectivity index (χ3n) is 3.20. The van der Waals surface area contributed by atoms with E-state index in [-0.39, 0.29) is 37.9 Å². The zero-order chi connectivity index (χ0) is 18.9. The second-order valence-electron chi connectivity index (χ2n) is 4.78. The lowest BCUT2D eigenvalue weighted by molar-refractivity contribution is -0.137. The molecule has 1 unspecified atom stereocenters. The van der Waals surface area contributed by atoms with Gasteiger partial charge in [-0.05, 0) is 12.1 Å². The van der Waals surface area contributed by atoms with Crippen LogP contribution in [0.15, 0.2) is 22.2 Å².